The summed E-state index contributed by atoms with van der Waals surface area (Å²) >= 11 is 0. The van der Waals surface area contributed by atoms with Gasteiger partial charge in [0.2, 0.25) is 0 Å². The standard InChI is InChI=1S/C27H36FN7O4/c1-4-29-26(36)31-22-6-5-18(13-21(22)28)24-30-23-15-34(19-7-9-33(10-8-19)27(37)38-3)14-20(23)25(32-24)35-11-12-39-16-17(35)2/h5-6,13,17,19H,4,7-12,14-16H2,1-3H3,(H2,29,31,36)/t17-/m0/s1. The number of rotatable bonds is 5. The predicted molar refractivity (Wildman–Crippen MR) is 144 cm³/mol. The van der Waals surface area contributed by atoms with Gasteiger partial charge in [-0.2, -0.15) is 0 Å². The number of piperidine rings is 1. The van der Waals surface area contributed by atoms with Crippen molar-refractivity contribution in [1.29, 1.82) is 0 Å². The van der Waals surface area contributed by atoms with Crippen LogP contribution in [0.25, 0.3) is 11.4 Å². The van der Waals surface area contributed by atoms with Crippen molar-refractivity contribution < 1.29 is 23.5 Å². The van der Waals surface area contributed by atoms with Gasteiger partial charge in [-0.05, 0) is 44.9 Å². The zero-order valence-corrected chi connectivity index (χ0v) is 22.7. The van der Waals surface area contributed by atoms with E-state index >= 15 is 0 Å². The van der Waals surface area contributed by atoms with Crippen LogP contribution in [0.2, 0.25) is 0 Å². The van der Waals surface area contributed by atoms with Crippen molar-refractivity contribution in [2.45, 2.75) is 51.9 Å². The molecule has 2 saturated heterocycles. The fourth-order valence-electron chi connectivity index (χ4n) is 5.55. The summed E-state index contributed by atoms with van der Waals surface area (Å²) in [6.45, 7) is 8.99. The van der Waals surface area contributed by atoms with Crippen molar-refractivity contribution >= 4 is 23.6 Å². The van der Waals surface area contributed by atoms with Crippen molar-refractivity contribution in [3.8, 4) is 11.4 Å². The Labute approximate surface area is 227 Å². The maximum Gasteiger partial charge on any atom is 0.409 e. The van der Waals surface area contributed by atoms with Gasteiger partial charge in [-0.3, -0.25) is 4.90 Å². The first kappa shape index (κ1) is 27.1. The summed E-state index contributed by atoms with van der Waals surface area (Å²) < 4.78 is 25.5. The summed E-state index contributed by atoms with van der Waals surface area (Å²) in [6.07, 6.45) is 1.44. The average molecular weight is 542 g/mol. The lowest BCUT2D eigenvalue weighted by molar-refractivity contribution is 0.0826. The van der Waals surface area contributed by atoms with Gasteiger partial charge in [0.25, 0.3) is 0 Å². The number of amides is 3. The Kier molecular flexibility index (Phi) is 8.12. The van der Waals surface area contributed by atoms with Crippen molar-refractivity contribution in [1.82, 2.24) is 25.1 Å². The molecule has 0 aliphatic carbocycles. The van der Waals surface area contributed by atoms with Gasteiger partial charge in [0.1, 0.15) is 11.6 Å². The van der Waals surface area contributed by atoms with Crippen LogP contribution >= 0.6 is 0 Å². The van der Waals surface area contributed by atoms with Gasteiger partial charge in [0.15, 0.2) is 5.82 Å². The largest absolute Gasteiger partial charge is 0.453 e. The highest BCUT2D eigenvalue weighted by Crippen LogP contribution is 2.36. The fraction of sp³-hybridized carbons (Fsp3) is 0.556. The van der Waals surface area contributed by atoms with Crippen LogP contribution in [0.4, 0.5) is 25.5 Å². The normalized spacial score (nSPS) is 20.1. The zero-order valence-electron chi connectivity index (χ0n) is 22.7. The summed E-state index contributed by atoms with van der Waals surface area (Å²) in [4.78, 5) is 40.1. The third-order valence-electron chi connectivity index (χ3n) is 7.65. The monoisotopic (exact) mass is 541 g/mol. The molecule has 11 nitrogen and oxygen atoms in total. The molecule has 0 spiro atoms. The van der Waals surface area contributed by atoms with Crippen LogP contribution < -0.4 is 15.5 Å². The number of benzene rings is 1. The van der Waals surface area contributed by atoms with Crippen LogP contribution in [0.1, 0.15) is 37.9 Å². The number of nitrogens with one attached hydrogen (secondary N) is 2. The smallest absolute Gasteiger partial charge is 0.409 e. The van der Waals surface area contributed by atoms with Gasteiger partial charge in [0.05, 0.1) is 37.7 Å². The van der Waals surface area contributed by atoms with Crippen molar-refractivity contribution in [3.05, 3.63) is 35.3 Å². The highest BCUT2D eigenvalue weighted by atomic mass is 19.1. The van der Waals surface area contributed by atoms with Crippen LogP contribution in [-0.2, 0) is 22.6 Å². The summed E-state index contributed by atoms with van der Waals surface area (Å²) in [6, 6.07) is 4.63. The van der Waals surface area contributed by atoms with E-state index in [0.717, 1.165) is 36.5 Å². The number of anilines is 2. The Morgan fingerprint density at radius 3 is 2.67 bits per heavy atom. The minimum atomic E-state index is -0.553. The molecule has 12 heteroatoms. The van der Waals surface area contributed by atoms with E-state index in [4.69, 9.17) is 19.4 Å². The minimum Gasteiger partial charge on any atom is -0.453 e. The number of hydrogen-bond acceptors (Lipinski definition) is 8. The predicted octanol–water partition coefficient (Wildman–Crippen LogP) is 3.20. The number of morpholine rings is 1. The molecule has 0 saturated carbocycles. The Bertz CT molecular complexity index is 1220. The van der Waals surface area contributed by atoms with Gasteiger partial charge in [-0.15, -0.1) is 0 Å². The quantitative estimate of drug-likeness (QED) is 0.594. The molecule has 39 heavy (non-hydrogen) atoms. The highest BCUT2D eigenvalue weighted by molar-refractivity contribution is 5.89. The molecule has 4 heterocycles. The number of halogens is 1. The van der Waals surface area contributed by atoms with Crippen molar-refractivity contribution in [3.63, 3.8) is 0 Å². The molecule has 3 amide bonds. The number of hydrogen-bond donors (Lipinski definition) is 2. The first-order valence-corrected chi connectivity index (χ1v) is 13.5. The molecule has 210 valence electrons. The topological polar surface area (TPSA) is 112 Å². The lowest BCUT2D eigenvalue weighted by atomic mass is 10.0. The van der Waals surface area contributed by atoms with E-state index in [1.165, 1.54) is 19.2 Å². The average Bonchev–Trinajstić information content (AvgIpc) is 3.38. The summed E-state index contributed by atoms with van der Waals surface area (Å²) in [5.41, 5.74) is 2.67. The second kappa shape index (κ2) is 11.7. The number of urea groups is 1. The van der Waals surface area contributed by atoms with Crippen molar-refractivity contribution in [2.75, 3.05) is 56.7 Å². The lowest BCUT2D eigenvalue weighted by Crippen LogP contribution is -2.45. The molecule has 2 N–H and O–H groups in total. The van der Waals surface area contributed by atoms with Crippen LogP contribution in [0.3, 0.4) is 0 Å². The molecule has 1 atom stereocenters. The number of nitrogens with zero attached hydrogens (tertiary/aromatic N) is 5. The van der Waals surface area contributed by atoms with E-state index in [0.29, 0.717) is 63.4 Å². The van der Waals surface area contributed by atoms with Crippen LogP contribution in [0.15, 0.2) is 18.2 Å². The molecule has 2 aromatic rings. The molecule has 0 unspecified atom stereocenters. The Balaban J connectivity index is 1.42. The maximum absolute atomic E-state index is 15.0. The molecule has 3 aliphatic rings. The fourth-order valence-corrected chi connectivity index (χ4v) is 5.55. The second-order valence-electron chi connectivity index (χ2n) is 10.2. The molecule has 1 aromatic heterocycles. The molecular formula is C27H36FN7O4. The first-order valence-electron chi connectivity index (χ1n) is 13.5. The van der Waals surface area contributed by atoms with Gasteiger partial charge < -0.3 is 29.9 Å². The van der Waals surface area contributed by atoms with E-state index in [9.17, 15) is 14.0 Å². The molecule has 3 aliphatic heterocycles. The van der Waals surface area contributed by atoms with E-state index in [2.05, 4.69) is 27.4 Å². The zero-order chi connectivity index (χ0) is 27.5. The van der Waals surface area contributed by atoms with E-state index in [-0.39, 0.29) is 17.8 Å². The molecule has 5 rings (SSSR count). The van der Waals surface area contributed by atoms with E-state index in [1.54, 1.807) is 17.9 Å². The van der Waals surface area contributed by atoms with Crippen LogP contribution in [0, 0.1) is 5.82 Å². The maximum atomic E-state index is 15.0. The van der Waals surface area contributed by atoms with Gasteiger partial charge in [-0.25, -0.2) is 23.9 Å². The first-order chi connectivity index (χ1) is 18.9. The van der Waals surface area contributed by atoms with Crippen LogP contribution in [-0.4, -0.2) is 90.5 Å². The Morgan fingerprint density at radius 1 is 1.18 bits per heavy atom. The van der Waals surface area contributed by atoms with E-state index in [1.807, 2.05) is 0 Å². The number of ether oxygens (including phenoxy) is 2. The number of likely N-dealkylation sites (tertiary alicyclic amines) is 1. The number of methoxy groups -OCH3 is 1. The van der Waals surface area contributed by atoms with Gasteiger partial charge >= 0.3 is 12.1 Å². The van der Waals surface area contributed by atoms with Crippen molar-refractivity contribution in [2.24, 2.45) is 0 Å². The molecule has 0 bridgehead atoms. The summed E-state index contributed by atoms with van der Waals surface area (Å²) in [5.74, 6) is 0.765. The third kappa shape index (κ3) is 5.76. The Hall–Kier alpha value is -3.51. The molecule has 1 aromatic carbocycles. The molecule has 2 fully saturated rings. The van der Waals surface area contributed by atoms with Crippen LogP contribution in [0.5, 0.6) is 0 Å². The summed E-state index contributed by atoms with van der Waals surface area (Å²) in [7, 11) is 1.41. The number of carbonyl (C=O) groups is 2. The second-order valence-corrected chi connectivity index (χ2v) is 10.2. The van der Waals surface area contributed by atoms with E-state index < -0.39 is 11.8 Å². The summed E-state index contributed by atoms with van der Waals surface area (Å²) in [5, 5.41) is 5.13. The third-order valence-corrected chi connectivity index (χ3v) is 7.65. The molecule has 0 radical (unpaired) electrons. The number of aromatic nitrogens is 2. The van der Waals surface area contributed by atoms with Gasteiger partial charge in [-0.1, -0.05) is 0 Å². The highest BCUT2D eigenvalue weighted by Gasteiger charge is 2.35. The number of fused-ring (bicyclic) bond motifs is 1. The minimum absolute atomic E-state index is 0.0948. The lowest BCUT2D eigenvalue weighted by Gasteiger charge is -2.36. The van der Waals surface area contributed by atoms with Gasteiger partial charge in [0, 0.05) is 56.4 Å². The SMILES string of the molecule is CCNC(=O)Nc1ccc(-c2nc3c(c(N4CCOC[C@@H]4C)n2)CN(C2CCN(C(=O)OC)CC2)C3)cc1F. The number of carbonyl (C=O) groups excluding carboxylic acids is 2. The molecular weight excluding hydrogens is 505 g/mol. The Morgan fingerprint density at radius 2 is 1.97 bits per heavy atom.